The van der Waals surface area contributed by atoms with Crippen molar-refractivity contribution in [3.05, 3.63) is 71.4 Å². The summed E-state index contributed by atoms with van der Waals surface area (Å²) in [4.78, 5) is 25.1. The number of carbonyl (C=O) groups is 2. The second kappa shape index (κ2) is 7.52. The molecule has 3 fully saturated rings. The highest BCUT2D eigenvalue weighted by atomic mass is 16.5. The van der Waals surface area contributed by atoms with E-state index in [9.17, 15) is 9.59 Å². The molecule has 0 aliphatic heterocycles. The fraction of sp³-hybridized carbons (Fsp3) is 0.346. The van der Waals surface area contributed by atoms with Gasteiger partial charge in [0.05, 0.1) is 35.7 Å². The van der Waals surface area contributed by atoms with Crippen LogP contribution in [-0.2, 0) is 16.1 Å². The van der Waals surface area contributed by atoms with Gasteiger partial charge < -0.3 is 14.6 Å². The van der Waals surface area contributed by atoms with Gasteiger partial charge in [0, 0.05) is 23.7 Å². The van der Waals surface area contributed by atoms with E-state index in [0.29, 0.717) is 30.7 Å². The van der Waals surface area contributed by atoms with E-state index < -0.39 is 0 Å². The van der Waals surface area contributed by atoms with Gasteiger partial charge in [0.2, 0.25) is 0 Å². The minimum Gasteiger partial charge on any atom is -0.466 e. The molecule has 6 rings (SSSR count). The average Bonchev–Trinajstić information content (AvgIpc) is 3.15. The van der Waals surface area contributed by atoms with E-state index in [4.69, 9.17) is 10.00 Å². The number of hydrogen-bond acceptors (Lipinski definition) is 4. The fourth-order valence-electron chi connectivity index (χ4n) is 5.60. The van der Waals surface area contributed by atoms with E-state index in [1.165, 1.54) is 0 Å². The van der Waals surface area contributed by atoms with Gasteiger partial charge in [-0.3, -0.25) is 9.59 Å². The molecule has 3 saturated carbocycles. The summed E-state index contributed by atoms with van der Waals surface area (Å²) in [5.41, 5.74) is 3.09. The maximum absolute atomic E-state index is 13.3. The van der Waals surface area contributed by atoms with Crippen molar-refractivity contribution in [3.8, 4) is 6.07 Å². The van der Waals surface area contributed by atoms with Crippen molar-refractivity contribution in [1.82, 2.24) is 9.88 Å². The van der Waals surface area contributed by atoms with E-state index in [1.54, 1.807) is 0 Å². The maximum atomic E-state index is 13.3. The molecule has 1 amide bonds. The standard InChI is InChI=1S/C26H25N3O3/c1-2-32-22(30)12-25-15-26(16-25,17-25)28-24(31)21-5-3-4-20-10-11-29(23(20)21)14-19-8-6-18(13-27)7-9-19/h3-11H,2,12,14-17H2,1H3,(H,28,31). The number of rotatable bonds is 7. The lowest BCUT2D eigenvalue weighted by molar-refractivity contribution is -0.176. The predicted octanol–water partition coefficient (Wildman–Crippen LogP) is 4.17. The van der Waals surface area contributed by atoms with Gasteiger partial charge in [0.1, 0.15) is 0 Å². The SMILES string of the molecule is CCOC(=O)CC12CC(NC(=O)c3cccc4ccn(Cc5ccc(C#N)cc5)c34)(C1)C2. The first-order chi connectivity index (χ1) is 15.4. The Labute approximate surface area is 186 Å². The third kappa shape index (κ3) is 3.44. The van der Waals surface area contributed by atoms with E-state index in [0.717, 1.165) is 35.7 Å². The zero-order valence-electron chi connectivity index (χ0n) is 18.1. The first-order valence-electron chi connectivity index (χ1n) is 11.0. The Morgan fingerprint density at radius 1 is 1.12 bits per heavy atom. The zero-order valence-corrected chi connectivity index (χ0v) is 18.1. The number of ether oxygens (including phenoxy) is 1. The number of esters is 1. The average molecular weight is 428 g/mol. The molecule has 3 aliphatic carbocycles. The number of nitrogens with zero attached hydrogens (tertiary/aromatic N) is 2. The van der Waals surface area contributed by atoms with Crippen LogP contribution in [0.25, 0.3) is 10.9 Å². The van der Waals surface area contributed by atoms with Gasteiger partial charge in [0.15, 0.2) is 0 Å². The summed E-state index contributed by atoms with van der Waals surface area (Å²) in [6, 6.07) is 17.4. The minimum absolute atomic E-state index is 0.0152. The first-order valence-corrected chi connectivity index (χ1v) is 11.0. The second-order valence-electron chi connectivity index (χ2n) is 9.24. The van der Waals surface area contributed by atoms with Crippen LogP contribution in [0.3, 0.4) is 0 Å². The van der Waals surface area contributed by atoms with Gasteiger partial charge in [-0.15, -0.1) is 0 Å². The summed E-state index contributed by atoms with van der Waals surface area (Å²) >= 11 is 0. The summed E-state index contributed by atoms with van der Waals surface area (Å²) < 4.78 is 7.17. The third-order valence-corrected chi connectivity index (χ3v) is 6.81. The summed E-state index contributed by atoms with van der Waals surface area (Å²) in [7, 11) is 0. The highest BCUT2D eigenvalue weighted by Gasteiger charge is 2.68. The van der Waals surface area contributed by atoms with Crippen LogP contribution in [0, 0.1) is 16.7 Å². The van der Waals surface area contributed by atoms with Gasteiger partial charge in [-0.1, -0.05) is 24.3 Å². The van der Waals surface area contributed by atoms with E-state index >= 15 is 0 Å². The molecule has 3 aliphatic rings. The van der Waals surface area contributed by atoms with Crippen molar-refractivity contribution in [1.29, 1.82) is 5.26 Å². The Hall–Kier alpha value is -3.59. The highest BCUT2D eigenvalue weighted by molar-refractivity contribution is 6.06. The van der Waals surface area contributed by atoms with Crippen LogP contribution < -0.4 is 5.32 Å². The zero-order chi connectivity index (χ0) is 22.3. The lowest BCUT2D eigenvalue weighted by Gasteiger charge is -2.70. The monoisotopic (exact) mass is 427 g/mol. The smallest absolute Gasteiger partial charge is 0.306 e. The Kier molecular flexibility index (Phi) is 4.78. The molecular formula is C26H25N3O3. The normalized spacial score (nSPS) is 23.0. The van der Waals surface area contributed by atoms with Crippen molar-refractivity contribution < 1.29 is 14.3 Å². The van der Waals surface area contributed by atoms with E-state index in [2.05, 4.69) is 16.0 Å². The minimum atomic E-state index is -0.184. The van der Waals surface area contributed by atoms with Crippen LogP contribution in [0.2, 0.25) is 0 Å². The number of benzene rings is 2. The number of nitrogens with one attached hydrogen (secondary N) is 1. The highest BCUT2D eigenvalue weighted by Crippen LogP contribution is 2.69. The molecule has 32 heavy (non-hydrogen) atoms. The quantitative estimate of drug-likeness (QED) is 0.574. The summed E-state index contributed by atoms with van der Waals surface area (Å²) in [6.45, 7) is 2.84. The molecule has 0 radical (unpaired) electrons. The van der Waals surface area contributed by atoms with E-state index in [1.807, 2.05) is 61.7 Å². The van der Waals surface area contributed by atoms with Gasteiger partial charge in [-0.25, -0.2) is 0 Å². The number of aromatic nitrogens is 1. The Morgan fingerprint density at radius 2 is 1.88 bits per heavy atom. The predicted molar refractivity (Wildman–Crippen MR) is 120 cm³/mol. The molecule has 6 heteroatoms. The molecule has 162 valence electrons. The van der Waals surface area contributed by atoms with Gasteiger partial charge >= 0.3 is 5.97 Å². The third-order valence-electron chi connectivity index (χ3n) is 6.81. The van der Waals surface area contributed by atoms with Crippen molar-refractivity contribution in [2.75, 3.05) is 6.61 Å². The van der Waals surface area contributed by atoms with Gasteiger partial charge in [0.25, 0.3) is 5.91 Å². The fourth-order valence-corrected chi connectivity index (χ4v) is 5.60. The lowest BCUT2D eigenvalue weighted by atomic mass is 9.38. The van der Waals surface area contributed by atoms with Crippen LogP contribution >= 0.6 is 0 Å². The molecule has 1 N–H and O–H groups in total. The summed E-state index contributed by atoms with van der Waals surface area (Å²) in [6.07, 6.45) is 4.96. The number of fused-ring (bicyclic) bond motifs is 1. The first kappa shape index (κ1) is 20.3. The summed E-state index contributed by atoms with van der Waals surface area (Å²) in [5, 5.41) is 13.3. The number of hydrogen-bond donors (Lipinski definition) is 1. The molecule has 0 unspecified atom stereocenters. The molecule has 1 aromatic heterocycles. The Balaban J connectivity index is 1.32. The number of para-hydroxylation sites is 1. The number of carbonyl (C=O) groups excluding carboxylic acids is 2. The van der Waals surface area contributed by atoms with Crippen molar-refractivity contribution in [3.63, 3.8) is 0 Å². The molecule has 1 heterocycles. The largest absolute Gasteiger partial charge is 0.466 e. The van der Waals surface area contributed by atoms with Crippen LogP contribution in [0.1, 0.15) is 54.1 Å². The molecule has 0 saturated heterocycles. The van der Waals surface area contributed by atoms with Crippen molar-refractivity contribution in [2.45, 2.75) is 44.7 Å². The Bertz CT molecular complexity index is 1230. The maximum Gasteiger partial charge on any atom is 0.306 e. The molecule has 2 bridgehead atoms. The van der Waals surface area contributed by atoms with E-state index in [-0.39, 0.29) is 22.8 Å². The van der Waals surface area contributed by atoms with Crippen molar-refractivity contribution >= 4 is 22.8 Å². The van der Waals surface area contributed by atoms with Crippen LogP contribution in [0.5, 0.6) is 0 Å². The molecule has 0 atom stereocenters. The second-order valence-corrected chi connectivity index (χ2v) is 9.24. The molecule has 2 aromatic carbocycles. The lowest BCUT2D eigenvalue weighted by Crippen LogP contribution is -2.75. The van der Waals surface area contributed by atoms with Crippen LogP contribution in [-0.4, -0.2) is 28.6 Å². The topological polar surface area (TPSA) is 84.1 Å². The van der Waals surface area contributed by atoms with Crippen molar-refractivity contribution in [2.24, 2.45) is 5.41 Å². The van der Waals surface area contributed by atoms with Crippen LogP contribution in [0.4, 0.5) is 0 Å². The number of nitriles is 1. The molecule has 6 nitrogen and oxygen atoms in total. The van der Waals surface area contributed by atoms with Gasteiger partial charge in [-0.2, -0.15) is 5.26 Å². The molecule has 3 aromatic rings. The van der Waals surface area contributed by atoms with Gasteiger partial charge in [-0.05, 0) is 61.4 Å². The van der Waals surface area contributed by atoms with Crippen LogP contribution in [0.15, 0.2) is 54.7 Å². The Morgan fingerprint density at radius 3 is 2.56 bits per heavy atom. The summed E-state index contributed by atoms with van der Waals surface area (Å²) in [5.74, 6) is -0.211. The molecule has 0 spiro atoms. The number of amides is 1. The molecular weight excluding hydrogens is 402 g/mol.